The molecule has 0 saturated carbocycles. The van der Waals surface area contributed by atoms with Gasteiger partial charge in [-0.2, -0.15) is 0 Å². The van der Waals surface area contributed by atoms with Gasteiger partial charge >= 0.3 is 0 Å². The van der Waals surface area contributed by atoms with Crippen molar-refractivity contribution < 1.29 is 4.79 Å². The first-order chi connectivity index (χ1) is 11.6. The Bertz CT molecular complexity index is 675. The van der Waals surface area contributed by atoms with Crippen molar-refractivity contribution in [2.75, 3.05) is 6.54 Å². The summed E-state index contributed by atoms with van der Waals surface area (Å²) in [5, 5.41) is 3.06. The van der Waals surface area contributed by atoms with Crippen LogP contribution in [-0.2, 0) is 4.79 Å². The van der Waals surface area contributed by atoms with Gasteiger partial charge < -0.3 is 5.32 Å². The highest BCUT2D eigenvalue weighted by Gasteiger charge is 2.30. The number of rotatable bonds is 5. The number of hydrogen-bond acceptors (Lipinski definition) is 3. The fraction of sp³-hybridized carbons (Fsp3) is 0.316. The summed E-state index contributed by atoms with van der Waals surface area (Å²) in [5.41, 5.74) is 8.74. The lowest BCUT2D eigenvalue weighted by Gasteiger charge is -2.15. The van der Waals surface area contributed by atoms with E-state index in [-0.39, 0.29) is 18.0 Å². The molecule has 3 N–H and O–H groups in total. The maximum absolute atomic E-state index is 12.4. The Morgan fingerprint density at radius 2 is 1.88 bits per heavy atom. The minimum Gasteiger partial charge on any atom is -0.354 e. The molecule has 2 aromatic rings. The van der Waals surface area contributed by atoms with Crippen molar-refractivity contribution in [3.63, 3.8) is 0 Å². The minimum atomic E-state index is -0.207. The van der Waals surface area contributed by atoms with E-state index in [9.17, 15) is 4.79 Å². The van der Waals surface area contributed by atoms with Crippen LogP contribution in [0.1, 0.15) is 36.4 Å². The highest BCUT2D eigenvalue weighted by atomic mass is 79.9. The highest BCUT2D eigenvalue weighted by Crippen LogP contribution is 2.24. The van der Waals surface area contributed by atoms with E-state index in [1.165, 1.54) is 11.1 Å². The molecule has 3 rings (SSSR count). The summed E-state index contributed by atoms with van der Waals surface area (Å²) < 4.78 is 1.06. The second-order valence-electron chi connectivity index (χ2n) is 6.24. The number of benzene rings is 2. The molecular formula is C19H22BrN3O. The first kappa shape index (κ1) is 17.1. The molecule has 3 unspecified atom stereocenters. The van der Waals surface area contributed by atoms with Gasteiger partial charge in [-0.3, -0.25) is 4.79 Å². The fourth-order valence-electron chi connectivity index (χ4n) is 2.92. The Morgan fingerprint density at radius 1 is 1.17 bits per heavy atom. The van der Waals surface area contributed by atoms with Crippen molar-refractivity contribution in [3.05, 3.63) is 70.2 Å². The maximum atomic E-state index is 12.4. The van der Waals surface area contributed by atoms with Gasteiger partial charge in [-0.15, -0.1) is 0 Å². The summed E-state index contributed by atoms with van der Waals surface area (Å²) in [6, 6.07) is 18.4. The average Bonchev–Trinajstić information content (AvgIpc) is 3.11. The number of carbonyl (C=O) groups excluding carboxylic acids is 1. The number of amides is 1. The van der Waals surface area contributed by atoms with Gasteiger partial charge in [-0.1, -0.05) is 65.3 Å². The van der Waals surface area contributed by atoms with Gasteiger partial charge in [0.25, 0.3) is 0 Å². The van der Waals surface area contributed by atoms with Gasteiger partial charge in [-0.05, 0) is 35.6 Å². The number of hydrogen-bond donors (Lipinski definition) is 3. The van der Waals surface area contributed by atoms with Gasteiger partial charge in [0.1, 0.15) is 6.04 Å². The van der Waals surface area contributed by atoms with E-state index >= 15 is 0 Å². The second kappa shape index (κ2) is 7.92. The molecule has 1 saturated heterocycles. The molecule has 1 aliphatic rings. The van der Waals surface area contributed by atoms with Crippen molar-refractivity contribution in [2.24, 2.45) is 0 Å². The number of halogens is 1. The van der Waals surface area contributed by atoms with E-state index in [1.54, 1.807) is 0 Å². The molecule has 1 amide bonds. The van der Waals surface area contributed by atoms with Gasteiger partial charge in [-0.25, -0.2) is 10.9 Å². The molecule has 0 aliphatic carbocycles. The van der Waals surface area contributed by atoms with Crippen LogP contribution in [0.3, 0.4) is 0 Å². The Morgan fingerprint density at radius 3 is 2.58 bits per heavy atom. The number of carbonyl (C=O) groups is 1. The zero-order valence-electron chi connectivity index (χ0n) is 13.6. The Balaban J connectivity index is 1.50. The van der Waals surface area contributed by atoms with Crippen LogP contribution >= 0.6 is 15.9 Å². The van der Waals surface area contributed by atoms with Crippen LogP contribution in [0.4, 0.5) is 0 Å². The fourth-order valence-corrected chi connectivity index (χ4v) is 3.18. The predicted molar refractivity (Wildman–Crippen MR) is 99.4 cm³/mol. The van der Waals surface area contributed by atoms with Crippen molar-refractivity contribution in [3.8, 4) is 0 Å². The standard InChI is InChI=1S/C19H22BrN3O/c1-13(14-5-3-2-4-6-14)12-21-19(24)18-11-17(22-23-18)15-7-9-16(20)10-8-15/h2-10,13,17-18,22-23H,11-12H2,1H3,(H,21,24). The quantitative estimate of drug-likeness (QED) is 0.737. The van der Waals surface area contributed by atoms with Gasteiger partial charge in [0.2, 0.25) is 5.91 Å². The third-order valence-corrected chi connectivity index (χ3v) is 4.97. The molecule has 1 aliphatic heterocycles. The van der Waals surface area contributed by atoms with Crippen molar-refractivity contribution in [2.45, 2.75) is 31.3 Å². The zero-order chi connectivity index (χ0) is 16.9. The lowest BCUT2D eigenvalue weighted by atomic mass is 10.00. The topological polar surface area (TPSA) is 53.2 Å². The summed E-state index contributed by atoms with van der Waals surface area (Å²) in [5.74, 6) is 0.344. The Labute approximate surface area is 151 Å². The van der Waals surface area contributed by atoms with E-state index in [2.05, 4.69) is 63.3 Å². The molecule has 2 aromatic carbocycles. The largest absolute Gasteiger partial charge is 0.354 e. The van der Waals surface area contributed by atoms with Crippen LogP contribution in [-0.4, -0.2) is 18.5 Å². The monoisotopic (exact) mass is 387 g/mol. The molecule has 4 nitrogen and oxygen atoms in total. The van der Waals surface area contributed by atoms with Crippen LogP contribution in [0.25, 0.3) is 0 Å². The normalized spacial score (nSPS) is 21.4. The van der Waals surface area contributed by atoms with Gasteiger partial charge in [0.05, 0.1) is 0 Å². The van der Waals surface area contributed by atoms with E-state index in [4.69, 9.17) is 0 Å². The third-order valence-electron chi connectivity index (χ3n) is 4.44. The second-order valence-corrected chi connectivity index (χ2v) is 7.15. The molecule has 1 heterocycles. The van der Waals surface area contributed by atoms with Crippen molar-refractivity contribution in [1.29, 1.82) is 0 Å². The first-order valence-corrected chi connectivity index (χ1v) is 9.02. The van der Waals surface area contributed by atoms with Crippen molar-refractivity contribution >= 4 is 21.8 Å². The van der Waals surface area contributed by atoms with E-state index < -0.39 is 0 Å². The smallest absolute Gasteiger partial charge is 0.238 e. The average molecular weight is 388 g/mol. The summed E-state index contributed by atoms with van der Waals surface area (Å²) in [4.78, 5) is 12.4. The molecule has 0 spiro atoms. The van der Waals surface area contributed by atoms with Crippen molar-refractivity contribution in [1.82, 2.24) is 16.2 Å². The lowest BCUT2D eigenvalue weighted by Crippen LogP contribution is -2.44. The van der Waals surface area contributed by atoms with E-state index in [1.807, 2.05) is 30.3 Å². The summed E-state index contributed by atoms with van der Waals surface area (Å²) >= 11 is 3.44. The molecular weight excluding hydrogens is 366 g/mol. The maximum Gasteiger partial charge on any atom is 0.238 e. The van der Waals surface area contributed by atoms with Crippen LogP contribution in [0.2, 0.25) is 0 Å². The first-order valence-electron chi connectivity index (χ1n) is 8.22. The number of nitrogens with one attached hydrogen (secondary N) is 3. The summed E-state index contributed by atoms with van der Waals surface area (Å²) in [7, 11) is 0. The van der Waals surface area contributed by atoms with Crippen LogP contribution in [0, 0.1) is 0 Å². The molecule has 126 valence electrons. The molecule has 0 radical (unpaired) electrons. The molecule has 24 heavy (non-hydrogen) atoms. The van der Waals surface area contributed by atoms with Crippen LogP contribution in [0.5, 0.6) is 0 Å². The molecule has 3 atom stereocenters. The summed E-state index contributed by atoms with van der Waals surface area (Å²) in [6.07, 6.45) is 0.743. The van der Waals surface area contributed by atoms with Gasteiger partial charge in [0, 0.05) is 17.1 Å². The SMILES string of the molecule is CC(CNC(=O)C1CC(c2ccc(Br)cc2)NN1)c1ccccc1. The zero-order valence-corrected chi connectivity index (χ0v) is 15.2. The Kier molecular flexibility index (Phi) is 5.66. The molecule has 0 aromatic heterocycles. The molecule has 5 heteroatoms. The molecule has 1 fully saturated rings. The van der Waals surface area contributed by atoms with Gasteiger partial charge in [0.15, 0.2) is 0 Å². The third kappa shape index (κ3) is 4.23. The minimum absolute atomic E-state index is 0.0462. The lowest BCUT2D eigenvalue weighted by molar-refractivity contribution is -0.122. The van der Waals surface area contributed by atoms with E-state index in [0.29, 0.717) is 12.5 Å². The molecule has 0 bridgehead atoms. The van der Waals surface area contributed by atoms with Crippen LogP contribution in [0.15, 0.2) is 59.1 Å². The summed E-state index contributed by atoms with van der Waals surface area (Å²) in [6.45, 7) is 2.77. The number of hydrazine groups is 1. The predicted octanol–water partition coefficient (Wildman–Crippen LogP) is 3.28. The highest BCUT2D eigenvalue weighted by molar-refractivity contribution is 9.10. The van der Waals surface area contributed by atoms with E-state index in [0.717, 1.165) is 10.9 Å². The van der Waals surface area contributed by atoms with Crippen LogP contribution < -0.4 is 16.2 Å². The Hall–Kier alpha value is -1.69.